The van der Waals surface area contributed by atoms with Crippen LogP contribution in [0.2, 0.25) is 5.02 Å². The normalized spacial score (nSPS) is 10.7. The molecule has 0 bridgehead atoms. The van der Waals surface area contributed by atoms with Crippen molar-refractivity contribution < 1.29 is 18.4 Å². The Morgan fingerprint density at radius 2 is 1.71 bits per heavy atom. The van der Waals surface area contributed by atoms with Gasteiger partial charge < -0.3 is 11.1 Å². The molecule has 0 aliphatic heterocycles. The molecule has 3 aromatic rings. The van der Waals surface area contributed by atoms with Crippen molar-refractivity contribution in [1.29, 1.82) is 0 Å². The Bertz CT molecular complexity index is 1120. The minimum Gasteiger partial charge on any atom is -0.351 e. The summed E-state index contributed by atoms with van der Waals surface area (Å²) in [6, 6.07) is 12.0. The van der Waals surface area contributed by atoms with Gasteiger partial charge in [0.2, 0.25) is 0 Å². The number of carbonyl (C=O) groups is 2. The monoisotopic (exact) mass is 444 g/mol. The first-order valence-corrected chi connectivity index (χ1v) is 9.66. The predicted molar refractivity (Wildman–Crippen MR) is 115 cm³/mol. The molecule has 1 heterocycles. The van der Waals surface area contributed by atoms with Crippen LogP contribution in [0.25, 0.3) is 11.3 Å². The number of nitrogens with one attached hydrogen (secondary N) is 1. The Kier molecular flexibility index (Phi) is 6.94. The molecule has 0 aliphatic rings. The standard InChI is InChI=1S/C22H19ClF2N4O2/c1-13(30)11-27-12-15-14(5-2-6-16(15)23)19-9-4-10-20(28-19)29(22(26)31)21-17(24)7-3-8-18(21)25/h2-10,27H,11-12H2,1H3,(H2,26,31). The molecule has 2 amide bonds. The first-order valence-electron chi connectivity index (χ1n) is 9.28. The number of nitrogens with zero attached hydrogens (tertiary/aromatic N) is 2. The van der Waals surface area contributed by atoms with Gasteiger partial charge in [0.25, 0.3) is 0 Å². The molecule has 1 aromatic heterocycles. The fourth-order valence-corrected chi connectivity index (χ4v) is 3.32. The lowest BCUT2D eigenvalue weighted by molar-refractivity contribution is -0.116. The summed E-state index contributed by atoms with van der Waals surface area (Å²) < 4.78 is 28.6. The highest BCUT2D eigenvalue weighted by molar-refractivity contribution is 6.31. The van der Waals surface area contributed by atoms with Crippen LogP contribution >= 0.6 is 11.6 Å². The number of carbonyl (C=O) groups excluding carboxylic acids is 2. The van der Waals surface area contributed by atoms with Crippen LogP contribution in [0.15, 0.2) is 54.6 Å². The minimum atomic E-state index is -1.09. The van der Waals surface area contributed by atoms with Crippen LogP contribution in [0.5, 0.6) is 0 Å². The molecule has 0 fully saturated rings. The first-order chi connectivity index (χ1) is 14.8. The van der Waals surface area contributed by atoms with Gasteiger partial charge in [0.05, 0.1) is 12.2 Å². The molecule has 2 aromatic carbocycles. The van der Waals surface area contributed by atoms with Gasteiger partial charge in [-0.05, 0) is 42.8 Å². The van der Waals surface area contributed by atoms with E-state index < -0.39 is 23.4 Å². The number of ketones is 1. The van der Waals surface area contributed by atoms with E-state index in [9.17, 15) is 18.4 Å². The lowest BCUT2D eigenvalue weighted by Crippen LogP contribution is -2.33. The van der Waals surface area contributed by atoms with Crippen molar-refractivity contribution in [2.75, 3.05) is 11.4 Å². The summed E-state index contributed by atoms with van der Waals surface area (Å²) in [7, 11) is 0. The second kappa shape index (κ2) is 9.63. The van der Waals surface area contributed by atoms with E-state index >= 15 is 0 Å². The molecule has 0 aliphatic carbocycles. The fraction of sp³-hybridized carbons (Fsp3) is 0.136. The number of hydrogen-bond acceptors (Lipinski definition) is 4. The number of hydrogen-bond donors (Lipinski definition) is 2. The highest BCUT2D eigenvalue weighted by Crippen LogP contribution is 2.33. The zero-order chi connectivity index (χ0) is 22.5. The van der Waals surface area contributed by atoms with Crippen LogP contribution in [0.3, 0.4) is 0 Å². The highest BCUT2D eigenvalue weighted by atomic mass is 35.5. The number of urea groups is 1. The fourth-order valence-electron chi connectivity index (χ4n) is 3.08. The maximum Gasteiger partial charge on any atom is 0.325 e. The number of Topliss-reactive ketones (excluding diaryl/α,β-unsaturated/α-hetero) is 1. The van der Waals surface area contributed by atoms with Crippen molar-refractivity contribution in [3.63, 3.8) is 0 Å². The lowest BCUT2D eigenvalue weighted by atomic mass is 10.0. The molecule has 3 rings (SSSR count). The smallest absolute Gasteiger partial charge is 0.325 e. The van der Waals surface area contributed by atoms with Gasteiger partial charge in [-0.1, -0.05) is 35.9 Å². The van der Waals surface area contributed by atoms with E-state index in [2.05, 4.69) is 10.3 Å². The second-order valence-corrected chi connectivity index (χ2v) is 7.10. The Labute approximate surface area is 182 Å². The van der Waals surface area contributed by atoms with Gasteiger partial charge >= 0.3 is 6.03 Å². The summed E-state index contributed by atoms with van der Waals surface area (Å²) in [4.78, 5) is 28.4. The topological polar surface area (TPSA) is 88.3 Å². The van der Waals surface area contributed by atoms with E-state index in [4.69, 9.17) is 17.3 Å². The van der Waals surface area contributed by atoms with Gasteiger partial charge in [-0.3, -0.25) is 4.79 Å². The Hall–Kier alpha value is -3.36. The molecule has 6 nitrogen and oxygen atoms in total. The number of amides is 2. The molecule has 0 atom stereocenters. The van der Waals surface area contributed by atoms with Crippen molar-refractivity contribution in [3.05, 3.63) is 76.8 Å². The van der Waals surface area contributed by atoms with E-state index in [1.807, 2.05) is 0 Å². The van der Waals surface area contributed by atoms with E-state index in [1.165, 1.54) is 19.1 Å². The number of nitrogens with two attached hydrogens (primary N) is 1. The molecule has 160 valence electrons. The number of para-hydroxylation sites is 1. The van der Waals surface area contributed by atoms with E-state index in [-0.39, 0.29) is 18.1 Å². The van der Waals surface area contributed by atoms with Gasteiger partial charge in [0.1, 0.15) is 28.9 Å². The molecule has 0 saturated heterocycles. The molecule has 0 unspecified atom stereocenters. The average Bonchev–Trinajstić information content (AvgIpc) is 2.71. The molecule has 0 saturated carbocycles. The summed E-state index contributed by atoms with van der Waals surface area (Å²) >= 11 is 6.35. The first kappa shape index (κ1) is 22.3. The molecule has 31 heavy (non-hydrogen) atoms. The van der Waals surface area contributed by atoms with Crippen molar-refractivity contribution in [3.8, 4) is 11.3 Å². The Morgan fingerprint density at radius 1 is 1.06 bits per heavy atom. The summed E-state index contributed by atoms with van der Waals surface area (Å²) in [5.41, 5.74) is 6.52. The van der Waals surface area contributed by atoms with Crippen molar-refractivity contribution in [2.45, 2.75) is 13.5 Å². The maximum absolute atomic E-state index is 14.3. The number of primary amides is 1. The van der Waals surface area contributed by atoms with E-state index in [1.54, 1.807) is 30.3 Å². The maximum atomic E-state index is 14.3. The summed E-state index contributed by atoms with van der Waals surface area (Å²) in [5.74, 6) is -2.00. The quantitative estimate of drug-likeness (QED) is 0.558. The largest absolute Gasteiger partial charge is 0.351 e. The van der Waals surface area contributed by atoms with E-state index in [0.29, 0.717) is 33.3 Å². The molecule has 3 N–H and O–H groups in total. The minimum absolute atomic E-state index is 0.0299. The van der Waals surface area contributed by atoms with Gasteiger partial charge in [-0.15, -0.1) is 0 Å². The molecule has 0 radical (unpaired) electrons. The van der Waals surface area contributed by atoms with Crippen molar-refractivity contribution in [1.82, 2.24) is 10.3 Å². The molecule has 0 spiro atoms. The zero-order valence-electron chi connectivity index (χ0n) is 16.5. The third-order valence-electron chi connectivity index (χ3n) is 4.42. The van der Waals surface area contributed by atoms with Crippen molar-refractivity contribution in [2.24, 2.45) is 5.73 Å². The second-order valence-electron chi connectivity index (χ2n) is 6.70. The van der Waals surface area contributed by atoms with Gasteiger partial charge in [-0.25, -0.2) is 23.5 Å². The number of rotatable bonds is 7. The lowest BCUT2D eigenvalue weighted by Gasteiger charge is -2.21. The van der Waals surface area contributed by atoms with Crippen molar-refractivity contribution >= 4 is 34.9 Å². The van der Waals surface area contributed by atoms with E-state index in [0.717, 1.165) is 12.1 Å². The van der Waals surface area contributed by atoms with Gasteiger partial charge in [-0.2, -0.15) is 0 Å². The Morgan fingerprint density at radius 3 is 2.35 bits per heavy atom. The third kappa shape index (κ3) is 5.04. The zero-order valence-corrected chi connectivity index (χ0v) is 17.3. The molecular weight excluding hydrogens is 426 g/mol. The highest BCUT2D eigenvalue weighted by Gasteiger charge is 2.24. The molecule has 9 heteroatoms. The van der Waals surface area contributed by atoms with Crippen LogP contribution < -0.4 is 16.0 Å². The number of halogens is 3. The Balaban J connectivity index is 2.07. The predicted octanol–water partition coefficient (Wildman–Crippen LogP) is 4.58. The van der Waals surface area contributed by atoms with Gasteiger partial charge in [0, 0.05) is 17.1 Å². The van der Waals surface area contributed by atoms with Crippen LogP contribution in [0.1, 0.15) is 12.5 Å². The van der Waals surface area contributed by atoms with Crippen LogP contribution in [-0.4, -0.2) is 23.3 Å². The number of benzene rings is 2. The molecular formula is C22H19ClF2N4O2. The number of aromatic nitrogens is 1. The summed E-state index contributed by atoms with van der Waals surface area (Å²) in [6.45, 7) is 1.92. The van der Waals surface area contributed by atoms with Crippen LogP contribution in [0, 0.1) is 11.6 Å². The number of anilines is 2. The van der Waals surface area contributed by atoms with Crippen LogP contribution in [-0.2, 0) is 11.3 Å². The summed E-state index contributed by atoms with van der Waals surface area (Å²) in [6.07, 6.45) is 0. The number of pyridine rings is 1. The SMILES string of the molecule is CC(=O)CNCc1c(Cl)cccc1-c1cccc(N(C(N)=O)c2c(F)cccc2F)n1. The van der Waals surface area contributed by atoms with Gasteiger partial charge in [0.15, 0.2) is 0 Å². The third-order valence-corrected chi connectivity index (χ3v) is 4.77. The summed E-state index contributed by atoms with van der Waals surface area (Å²) in [5, 5.41) is 3.45. The average molecular weight is 445 g/mol. The van der Waals surface area contributed by atoms with Crippen LogP contribution in [0.4, 0.5) is 25.1 Å².